The molecule has 2 fully saturated rings. The molecule has 0 radical (unpaired) electrons. The van der Waals surface area contributed by atoms with Gasteiger partial charge in [-0.2, -0.15) is 0 Å². The van der Waals surface area contributed by atoms with E-state index in [0.717, 1.165) is 42.7 Å². The summed E-state index contributed by atoms with van der Waals surface area (Å²) in [6.45, 7) is 4.22. The van der Waals surface area contributed by atoms with E-state index in [1.54, 1.807) is 30.5 Å². The van der Waals surface area contributed by atoms with Crippen LogP contribution < -0.4 is 10.2 Å². The maximum absolute atomic E-state index is 13.2. The summed E-state index contributed by atoms with van der Waals surface area (Å²) in [6, 6.07) is 9.11. The van der Waals surface area contributed by atoms with Crippen molar-refractivity contribution in [3.05, 3.63) is 48.4 Å². The molecule has 1 saturated carbocycles. The van der Waals surface area contributed by atoms with Gasteiger partial charge in [-0.25, -0.2) is 22.4 Å². The Morgan fingerprint density at radius 1 is 1.10 bits per heavy atom. The van der Waals surface area contributed by atoms with Crippen molar-refractivity contribution in [3.63, 3.8) is 0 Å². The minimum atomic E-state index is -3.72. The molecule has 30 heavy (non-hydrogen) atoms. The van der Waals surface area contributed by atoms with Gasteiger partial charge >= 0.3 is 0 Å². The lowest BCUT2D eigenvalue weighted by Crippen LogP contribution is -2.56. The van der Waals surface area contributed by atoms with E-state index in [1.165, 1.54) is 23.1 Å². The van der Waals surface area contributed by atoms with Gasteiger partial charge in [0.15, 0.2) is 5.65 Å². The molecule has 0 bridgehead atoms. The highest BCUT2D eigenvalue weighted by Crippen LogP contribution is 2.41. The number of anilines is 1. The summed E-state index contributed by atoms with van der Waals surface area (Å²) in [5, 5.41) is 4.18. The Hall–Kier alpha value is -2.45. The summed E-state index contributed by atoms with van der Waals surface area (Å²) in [5.41, 5.74) is 1.94. The maximum atomic E-state index is 13.2. The molecule has 1 saturated heterocycles. The molecule has 0 amide bonds. The van der Waals surface area contributed by atoms with Crippen molar-refractivity contribution in [1.29, 1.82) is 0 Å². The molecule has 8 heteroatoms. The summed E-state index contributed by atoms with van der Waals surface area (Å²) in [7, 11) is -1.65. The monoisotopic (exact) mass is 425 g/mol. The minimum Gasteiger partial charge on any atom is -0.356 e. The standard InChI is InChI=1S/C22H27N5O2S/c1-16-3-5-18(6-4-16)30(28,29)27-12-9-19-20(24-15-25-21(19)27)26(2)17-7-10-22(11-8-17)13-23-14-22/h3-6,9,12,15,17,23H,7-8,10-11,13-14H2,1-2H3. The van der Waals surface area contributed by atoms with Gasteiger partial charge in [-0.3, -0.25) is 0 Å². The molecule has 1 aliphatic carbocycles. The van der Waals surface area contributed by atoms with Crippen molar-refractivity contribution >= 4 is 26.9 Å². The number of benzene rings is 1. The minimum absolute atomic E-state index is 0.255. The van der Waals surface area contributed by atoms with Gasteiger partial charge in [0.1, 0.15) is 12.1 Å². The molecule has 158 valence electrons. The zero-order chi connectivity index (χ0) is 20.9. The number of aromatic nitrogens is 3. The summed E-state index contributed by atoms with van der Waals surface area (Å²) >= 11 is 0. The van der Waals surface area contributed by atoms with Crippen molar-refractivity contribution in [3.8, 4) is 0 Å². The number of hydrogen-bond donors (Lipinski definition) is 1. The molecule has 3 aromatic rings. The van der Waals surface area contributed by atoms with Gasteiger partial charge in [-0.15, -0.1) is 0 Å². The van der Waals surface area contributed by atoms with E-state index >= 15 is 0 Å². The van der Waals surface area contributed by atoms with Crippen LogP contribution in [-0.4, -0.2) is 48.5 Å². The van der Waals surface area contributed by atoms with Crippen LogP contribution >= 0.6 is 0 Å². The van der Waals surface area contributed by atoms with Crippen LogP contribution in [0.3, 0.4) is 0 Å². The van der Waals surface area contributed by atoms with Crippen molar-refractivity contribution in [2.75, 3.05) is 25.0 Å². The van der Waals surface area contributed by atoms with Crippen molar-refractivity contribution in [1.82, 2.24) is 19.3 Å². The Bertz CT molecular complexity index is 1170. The summed E-state index contributed by atoms with van der Waals surface area (Å²) < 4.78 is 27.7. The van der Waals surface area contributed by atoms with Gasteiger partial charge in [-0.1, -0.05) is 17.7 Å². The van der Waals surface area contributed by atoms with Gasteiger partial charge in [0, 0.05) is 32.4 Å². The SMILES string of the molecule is Cc1ccc(S(=O)(=O)n2ccc3c(N(C)C4CCC5(CC4)CNC5)ncnc32)cc1. The van der Waals surface area contributed by atoms with E-state index in [2.05, 4.69) is 27.2 Å². The molecule has 1 N–H and O–H groups in total. The fourth-order valence-electron chi connectivity index (χ4n) is 4.82. The third-order valence-electron chi connectivity index (χ3n) is 6.90. The van der Waals surface area contributed by atoms with Crippen molar-refractivity contribution < 1.29 is 8.42 Å². The Morgan fingerprint density at radius 3 is 2.43 bits per heavy atom. The number of rotatable bonds is 4. The number of aryl methyl sites for hydroxylation is 1. The first-order valence-corrected chi connectivity index (χ1v) is 11.9. The van der Waals surface area contributed by atoms with Gasteiger partial charge < -0.3 is 10.2 Å². The van der Waals surface area contributed by atoms with Crippen LogP contribution in [0.4, 0.5) is 5.82 Å². The zero-order valence-corrected chi connectivity index (χ0v) is 18.2. The highest BCUT2D eigenvalue weighted by atomic mass is 32.2. The number of nitrogens with zero attached hydrogens (tertiary/aromatic N) is 4. The van der Waals surface area contributed by atoms with E-state index in [4.69, 9.17) is 0 Å². The largest absolute Gasteiger partial charge is 0.356 e. The van der Waals surface area contributed by atoms with E-state index in [-0.39, 0.29) is 4.90 Å². The Balaban J connectivity index is 1.47. The normalized spacial score (nSPS) is 19.1. The Kier molecular flexibility index (Phi) is 4.59. The third-order valence-corrected chi connectivity index (χ3v) is 8.58. The zero-order valence-electron chi connectivity index (χ0n) is 17.4. The highest BCUT2D eigenvalue weighted by Gasteiger charge is 2.41. The highest BCUT2D eigenvalue weighted by molar-refractivity contribution is 7.90. The second-order valence-electron chi connectivity index (χ2n) is 8.81. The Labute approximate surface area is 177 Å². The number of nitrogens with one attached hydrogen (secondary N) is 1. The van der Waals surface area contributed by atoms with Crippen LogP contribution in [0.25, 0.3) is 11.0 Å². The average molecular weight is 426 g/mol. The van der Waals surface area contributed by atoms with Crippen LogP contribution in [0.15, 0.2) is 47.8 Å². The molecule has 2 aliphatic rings. The molecule has 3 heterocycles. The summed E-state index contributed by atoms with van der Waals surface area (Å²) in [5.74, 6) is 0.797. The summed E-state index contributed by atoms with van der Waals surface area (Å²) in [6.07, 6.45) is 7.77. The maximum Gasteiger partial charge on any atom is 0.269 e. The lowest BCUT2D eigenvalue weighted by molar-refractivity contribution is 0.0975. The molecular weight excluding hydrogens is 398 g/mol. The van der Waals surface area contributed by atoms with Gasteiger partial charge in [0.2, 0.25) is 0 Å². The third kappa shape index (κ3) is 3.09. The second-order valence-corrected chi connectivity index (χ2v) is 10.6. The van der Waals surface area contributed by atoms with Gasteiger partial charge in [-0.05, 0) is 56.2 Å². The topological polar surface area (TPSA) is 80.1 Å². The molecule has 1 aliphatic heterocycles. The average Bonchev–Trinajstić information content (AvgIpc) is 3.18. The molecule has 0 atom stereocenters. The smallest absolute Gasteiger partial charge is 0.269 e. The fraction of sp³-hybridized carbons (Fsp3) is 0.455. The first-order valence-electron chi connectivity index (χ1n) is 10.5. The van der Waals surface area contributed by atoms with Crippen molar-refractivity contribution in [2.45, 2.75) is 43.5 Å². The molecule has 1 spiro atoms. The quantitative estimate of drug-likeness (QED) is 0.692. The van der Waals surface area contributed by atoms with E-state index < -0.39 is 10.0 Å². The first-order chi connectivity index (χ1) is 14.4. The van der Waals surface area contributed by atoms with Crippen LogP contribution in [0.2, 0.25) is 0 Å². The molecule has 7 nitrogen and oxygen atoms in total. The van der Waals surface area contributed by atoms with E-state index in [0.29, 0.717) is 17.1 Å². The van der Waals surface area contributed by atoms with Crippen LogP contribution in [-0.2, 0) is 10.0 Å². The first kappa shape index (κ1) is 19.5. The lowest BCUT2D eigenvalue weighted by atomic mass is 9.68. The van der Waals surface area contributed by atoms with Crippen molar-refractivity contribution in [2.24, 2.45) is 5.41 Å². The van der Waals surface area contributed by atoms with Crippen LogP contribution in [0.1, 0.15) is 31.2 Å². The molecule has 5 rings (SSSR count). The fourth-order valence-corrected chi connectivity index (χ4v) is 6.12. The molecular formula is C22H27N5O2S. The second kappa shape index (κ2) is 7.06. The Morgan fingerprint density at radius 2 is 1.80 bits per heavy atom. The summed E-state index contributed by atoms with van der Waals surface area (Å²) in [4.78, 5) is 11.3. The van der Waals surface area contributed by atoms with Crippen LogP contribution in [0, 0.1) is 12.3 Å². The lowest BCUT2D eigenvalue weighted by Gasteiger charge is -2.49. The number of fused-ring (bicyclic) bond motifs is 1. The van der Waals surface area contributed by atoms with E-state index in [1.807, 2.05) is 13.0 Å². The molecule has 2 aromatic heterocycles. The predicted octanol–water partition coefficient (Wildman–Crippen LogP) is 2.95. The molecule has 1 aromatic carbocycles. The predicted molar refractivity (Wildman–Crippen MR) is 117 cm³/mol. The number of hydrogen-bond acceptors (Lipinski definition) is 6. The van der Waals surface area contributed by atoms with Gasteiger partial charge in [0.05, 0.1) is 10.3 Å². The molecule has 0 unspecified atom stereocenters. The van der Waals surface area contributed by atoms with E-state index in [9.17, 15) is 8.42 Å². The van der Waals surface area contributed by atoms with Crippen LogP contribution in [0.5, 0.6) is 0 Å². The van der Waals surface area contributed by atoms with Gasteiger partial charge in [0.25, 0.3) is 10.0 Å².